The third kappa shape index (κ3) is 5.05. The van der Waals surface area contributed by atoms with E-state index in [0.717, 1.165) is 0 Å². The standard InChI is InChI=1S/C10H6Cl3F17Si2/c11-32(12,13)31-2-1-3(14,15)4(16,17)5(18,19)6(20,21)7(22,23)8(24,25)9(26,27)10(28,29)30/h1-2,31H2. The smallest absolute Gasteiger partial charge is 0.200 e. The molecule has 0 amide bonds. The summed E-state index contributed by atoms with van der Waals surface area (Å²) in [5.74, 6) is -56.2. The van der Waals surface area contributed by atoms with E-state index in [4.69, 9.17) is 33.2 Å². The fourth-order valence-electron chi connectivity index (χ4n) is 1.86. The molecule has 0 radical (unpaired) electrons. The number of alkyl halides is 17. The van der Waals surface area contributed by atoms with E-state index >= 15 is 0 Å². The average molecular weight is 612 g/mol. The highest BCUT2D eigenvalue weighted by Gasteiger charge is 2.95. The van der Waals surface area contributed by atoms with Crippen molar-refractivity contribution < 1.29 is 74.6 Å². The van der Waals surface area contributed by atoms with E-state index in [9.17, 15) is 74.6 Å². The Kier molecular flexibility index (Phi) is 8.68. The van der Waals surface area contributed by atoms with Gasteiger partial charge in [-0.1, -0.05) is 6.04 Å². The lowest BCUT2D eigenvalue weighted by atomic mass is 9.88. The Morgan fingerprint density at radius 1 is 0.469 bits per heavy atom. The molecule has 0 aliphatic rings. The molecule has 194 valence electrons. The maximum absolute atomic E-state index is 13.5. The fraction of sp³-hybridized carbons (Fsp3) is 1.00. The van der Waals surface area contributed by atoms with Gasteiger partial charge >= 0.3 is 53.2 Å². The molecule has 0 bridgehead atoms. The first-order valence-electron chi connectivity index (χ1n) is 7.24. The molecule has 0 nitrogen and oxygen atoms in total. The maximum atomic E-state index is 13.5. The Morgan fingerprint density at radius 2 is 0.750 bits per heavy atom. The molecule has 0 heterocycles. The largest absolute Gasteiger partial charge is 0.460 e. The first kappa shape index (κ1) is 32.1. The fourth-order valence-corrected chi connectivity index (χ4v) is 8.23. The van der Waals surface area contributed by atoms with Crippen molar-refractivity contribution in [3.8, 4) is 0 Å². The quantitative estimate of drug-likeness (QED) is 0.140. The molecule has 0 unspecified atom stereocenters. The van der Waals surface area contributed by atoms with Gasteiger partial charge in [-0.25, -0.2) is 0 Å². The van der Waals surface area contributed by atoms with Crippen molar-refractivity contribution >= 4 is 47.8 Å². The van der Waals surface area contributed by atoms with Gasteiger partial charge in [-0.05, 0) is 0 Å². The predicted molar refractivity (Wildman–Crippen MR) is 82.0 cm³/mol. The Morgan fingerprint density at radius 3 is 1.03 bits per heavy atom. The molecule has 0 aliphatic carbocycles. The molecule has 22 heteroatoms. The van der Waals surface area contributed by atoms with Gasteiger partial charge in [0.15, 0.2) is 0 Å². The minimum Gasteiger partial charge on any atom is -0.200 e. The molecule has 0 rings (SSSR count). The van der Waals surface area contributed by atoms with E-state index < -0.39 is 74.7 Å². The summed E-state index contributed by atoms with van der Waals surface area (Å²) in [4.78, 5) is 0. The van der Waals surface area contributed by atoms with Crippen LogP contribution in [0.2, 0.25) is 6.04 Å². The van der Waals surface area contributed by atoms with Gasteiger partial charge in [0.2, 0.25) is 0 Å². The molecule has 32 heavy (non-hydrogen) atoms. The van der Waals surface area contributed by atoms with Gasteiger partial charge in [-0.15, -0.1) is 33.2 Å². The predicted octanol–water partition coefficient (Wildman–Crippen LogP) is 7.13. The van der Waals surface area contributed by atoms with Gasteiger partial charge in [-0.3, -0.25) is 0 Å². The minimum absolute atomic E-state index is 1.30. The van der Waals surface area contributed by atoms with Crippen LogP contribution in [0.1, 0.15) is 6.42 Å². The zero-order valence-electron chi connectivity index (χ0n) is 14.2. The number of halogens is 20. The lowest BCUT2D eigenvalue weighted by Crippen LogP contribution is -2.74. The van der Waals surface area contributed by atoms with Crippen LogP contribution in [0.4, 0.5) is 74.6 Å². The van der Waals surface area contributed by atoms with E-state index in [1.54, 1.807) is 0 Å². The van der Waals surface area contributed by atoms with E-state index in [0.29, 0.717) is 0 Å². The molecule has 0 N–H and O–H groups in total. The van der Waals surface area contributed by atoms with Crippen LogP contribution in [0.15, 0.2) is 0 Å². The van der Waals surface area contributed by atoms with E-state index in [1.165, 1.54) is 0 Å². The molecular weight excluding hydrogens is 606 g/mol. The topological polar surface area (TPSA) is 0 Å². The zero-order chi connectivity index (χ0) is 26.6. The van der Waals surface area contributed by atoms with Gasteiger partial charge in [0.1, 0.15) is 0 Å². The van der Waals surface area contributed by atoms with Crippen LogP contribution in [0.25, 0.3) is 0 Å². The van der Waals surface area contributed by atoms with Crippen molar-refractivity contribution in [2.24, 2.45) is 0 Å². The van der Waals surface area contributed by atoms with Crippen molar-refractivity contribution in [1.82, 2.24) is 0 Å². The van der Waals surface area contributed by atoms with Gasteiger partial charge in [0.25, 0.3) is 0 Å². The summed E-state index contributed by atoms with van der Waals surface area (Å²) >= 11 is 15.6. The normalized spacial score (nSPS) is 16.9. The molecule has 0 saturated heterocycles. The lowest BCUT2D eigenvalue weighted by Gasteiger charge is -2.42. The van der Waals surface area contributed by atoms with Crippen LogP contribution < -0.4 is 0 Å². The van der Waals surface area contributed by atoms with Crippen LogP contribution in [0, 0.1) is 0 Å². The van der Waals surface area contributed by atoms with Crippen molar-refractivity contribution in [2.75, 3.05) is 0 Å². The monoisotopic (exact) mass is 610 g/mol. The molecule has 0 atom stereocenters. The lowest BCUT2D eigenvalue weighted by molar-refractivity contribution is -0.461. The van der Waals surface area contributed by atoms with Crippen molar-refractivity contribution in [1.29, 1.82) is 0 Å². The molecule has 0 aliphatic heterocycles. The highest BCUT2D eigenvalue weighted by molar-refractivity contribution is 7.82. The molecule has 0 fully saturated rings. The van der Waals surface area contributed by atoms with Gasteiger partial charge in [0.05, 0.1) is 9.04 Å². The number of hydrogen-bond donors (Lipinski definition) is 0. The first-order chi connectivity index (χ1) is 13.5. The third-order valence-electron chi connectivity index (χ3n) is 3.74. The molecule has 0 spiro atoms. The molecular formula is C10H6Cl3F17Si2. The highest BCUT2D eigenvalue weighted by Crippen LogP contribution is 2.64. The Bertz CT molecular complexity index is 668. The van der Waals surface area contributed by atoms with Crippen molar-refractivity contribution in [3.05, 3.63) is 0 Å². The summed E-state index contributed by atoms with van der Waals surface area (Å²) in [5.41, 5.74) is -3.76. The Balaban J connectivity index is 6.41. The van der Waals surface area contributed by atoms with Crippen LogP contribution in [-0.2, 0) is 0 Å². The second kappa shape index (κ2) is 8.65. The van der Waals surface area contributed by atoms with Crippen molar-refractivity contribution in [3.63, 3.8) is 0 Å². The minimum atomic E-state index is -8.62. The molecule has 0 aromatic heterocycles. The van der Waals surface area contributed by atoms with E-state index in [2.05, 4.69) is 0 Å². The summed E-state index contributed by atoms with van der Waals surface area (Å²) < 4.78 is 221. The Labute approximate surface area is 183 Å². The first-order valence-corrected chi connectivity index (χ1v) is 15.6. The zero-order valence-corrected chi connectivity index (χ0v) is 18.9. The highest BCUT2D eigenvalue weighted by atomic mass is 35.8. The summed E-state index contributed by atoms with van der Waals surface area (Å²) in [5, 5.41) is 0. The summed E-state index contributed by atoms with van der Waals surface area (Å²) in [6.07, 6.45) is -10.3. The van der Waals surface area contributed by atoms with Crippen LogP contribution in [0.5, 0.6) is 0 Å². The number of hydrogen-bond acceptors (Lipinski definition) is 0. The molecule has 0 aromatic rings. The second-order valence-corrected chi connectivity index (χ2v) is 24.8. The third-order valence-corrected chi connectivity index (χ3v) is 12.9. The van der Waals surface area contributed by atoms with Gasteiger partial charge in [0, 0.05) is 6.42 Å². The van der Waals surface area contributed by atoms with Crippen LogP contribution in [0.3, 0.4) is 0 Å². The van der Waals surface area contributed by atoms with Gasteiger partial charge in [-0.2, -0.15) is 74.6 Å². The van der Waals surface area contributed by atoms with Crippen LogP contribution in [-0.4, -0.2) is 62.2 Å². The molecule has 0 aromatic carbocycles. The van der Waals surface area contributed by atoms with Crippen LogP contribution >= 0.6 is 33.2 Å². The summed E-state index contributed by atoms with van der Waals surface area (Å²) in [6, 6.07) is -1.30. The van der Waals surface area contributed by atoms with E-state index in [-0.39, 0.29) is 0 Å². The second-order valence-electron chi connectivity index (χ2n) is 6.12. The van der Waals surface area contributed by atoms with E-state index in [1.807, 2.05) is 0 Å². The average Bonchev–Trinajstić information content (AvgIpc) is 2.50. The van der Waals surface area contributed by atoms with Crippen molar-refractivity contribution in [2.45, 2.75) is 60.1 Å². The number of rotatable bonds is 10. The maximum Gasteiger partial charge on any atom is 0.460 e. The Hall–Kier alpha value is 0.114. The molecule has 0 saturated carbocycles. The summed E-state index contributed by atoms with van der Waals surface area (Å²) in [7, 11) is -2.35. The SMILES string of the molecule is FC(F)(F)C(F)(F)C(F)(F)C(F)(F)C(F)(F)C(F)(F)C(F)(F)C(F)(F)CC[SiH2][Si](Cl)(Cl)Cl. The summed E-state index contributed by atoms with van der Waals surface area (Å²) in [6.45, 7) is 0. The van der Waals surface area contributed by atoms with Gasteiger partial charge < -0.3 is 0 Å².